The number of carbonyl (C=O) groups is 1. The van der Waals surface area contributed by atoms with Gasteiger partial charge in [0, 0.05) is 18.0 Å². The van der Waals surface area contributed by atoms with Gasteiger partial charge in [-0.25, -0.2) is 13.2 Å². The number of benzene rings is 2. The maximum atomic E-state index is 12.7. The third-order valence-corrected chi connectivity index (χ3v) is 7.66. The van der Waals surface area contributed by atoms with Crippen LogP contribution in [-0.2, 0) is 21.4 Å². The zero-order chi connectivity index (χ0) is 20.1. The van der Waals surface area contributed by atoms with Crippen molar-refractivity contribution in [2.75, 3.05) is 19.3 Å². The van der Waals surface area contributed by atoms with E-state index >= 15 is 0 Å². The number of hydrogen-bond acceptors (Lipinski definition) is 5. The van der Waals surface area contributed by atoms with Gasteiger partial charge in [0.2, 0.25) is 10.0 Å². The highest BCUT2D eigenvalue weighted by molar-refractivity contribution is 7.98. The minimum atomic E-state index is -3.51. The van der Waals surface area contributed by atoms with Gasteiger partial charge < -0.3 is 4.74 Å². The largest absolute Gasteiger partial charge is 0.457 e. The van der Waals surface area contributed by atoms with Crippen molar-refractivity contribution in [3.63, 3.8) is 0 Å². The van der Waals surface area contributed by atoms with Crippen LogP contribution in [0, 0.1) is 5.92 Å². The Morgan fingerprint density at radius 2 is 1.68 bits per heavy atom. The van der Waals surface area contributed by atoms with Gasteiger partial charge in [-0.05, 0) is 67.0 Å². The van der Waals surface area contributed by atoms with Crippen molar-refractivity contribution in [1.29, 1.82) is 0 Å². The van der Waals surface area contributed by atoms with E-state index < -0.39 is 16.0 Å². The molecular formula is C21H25NO4S2. The lowest BCUT2D eigenvalue weighted by Crippen LogP contribution is -2.37. The Morgan fingerprint density at radius 3 is 2.25 bits per heavy atom. The average Bonchev–Trinajstić information content (AvgIpc) is 2.73. The highest BCUT2D eigenvalue weighted by atomic mass is 32.2. The second kappa shape index (κ2) is 9.11. The molecule has 0 radical (unpaired) electrons. The lowest BCUT2D eigenvalue weighted by Gasteiger charge is -2.29. The summed E-state index contributed by atoms with van der Waals surface area (Å²) in [6, 6.07) is 13.8. The monoisotopic (exact) mass is 419 g/mol. The topological polar surface area (TPSA) is 63.7 Å². The molecule has 1 aliphatic rings. The third kappa shape index (κ3) is 4.96. The molecule has 0 N–H and O–H groups in total. The molecule has 7 heteroatoms. The Balaban J connectivity index is 1.62. The maximum Gasteiger partial charge on any atom is 0.338 e. The molecule has 5 nitrogen and oxygen atoms in total. The second-order valence-electron chi connectivity index (χ2n) is 7.04. The Labute approximate surface area is 171 Å². The second-order valence-corrected chi connectivity index (χ2v) is 9.85. The van der Waals surface area contributed by atoms with Crippen LogP contribution in [0.4, 0.5) is 0 Å². The Kier molecular flexibility index (Phi) is 6.80. The van der Waals surface area contributed by atoms with Crippen molar-refractivity contribution < 1.29 is 17.9 Å². The zero-order valence-electron chi connectivity index (χ0n) is 16.1. The van der Waals surface area contributed by atoms with Crippen LogP contribution in [0.2, 0.25) is 0 Å². The Morgan fingerprint density at radius 1 is 1.07 bits per heavy atom. The van der Waals surface area contributed by atoms with Crippen LogP contribution in [0.3, 0.4) is 0 Å². The van der Waals surface area contributed by atoms with Gasteiger partial charge in [-0.15, -0.1) is 11.8 Å². The van der Waals surface area contributed by atoms with Crippen molar-refractivity contribution in [2.24, 2.45) is 5.92 Å². The van der Waals surface area contributed by atoms with Crippen molar-refractivity contribution >= 4 is 27.8 Å². The molecule has 2 aromatic carbocycles. The molecule has 1 fully saturated rings. The van der Waals surface area contributed by atoms with Gasteiger partial charge in [0.05, 0.1) is 10.5 Å². The fourth-order valence-corrected chi connectivity index (χ4v) is 4.97. The summed E-state index contributed by atoms with van der Waals surface area (Å²) in [6.45, 7) is 3.41. The number of carbonyl (C=O) groups excluding carboxylic acids is 1. The number of hydrogen-bond donors (Lipinski definition) is 0. The first kappa shape index (κ1) is 20.9. The van der Waals surface area contributed by atoms with Crippen LogP contribution in [0.15, 0.2) is 58.3 Å². The van der Waals surface area contributed by atoms with Crippen LogP contribution >= 0.6 is 11.8 Å². The van der Waals surface area contributed by atoms with E-state index in [2.05, 4.69) is 6.92 Å². The summed E-state index contributed by atoms with van der Waals surface area (Å²) in [4.78, 5) is 13.6. The molecule has 1 saturated heterocycles. The molecular weight excluding hydrogens is 394 g/mol. The lowest BCUT2D eigenvalue weighted by molar-refractivity contribution is 0.0472. The fraction of sp³-hybridized carbons (Fsp3) is 0.381. The molecule has 0 amide bonds. The van der Waals surface area contributed by atoms with Crippen LogP contribution in [-0.4, -0.2) is 38.0 Å². The number of esters is 1. The minimum absolute atomic E-state index is 0.180. The Bertz CT molecular complexity index is 900. The molecule has 0 aliphatic carbocycles. The fourth-order valence-electron chi connectivity index (χ4n) is 3.09. The third-order valence-electron chi connectivity index (χ3n) is 5.00. The van der Waals surface area contributed by atoms with Gasteiger partial charge in [0.1, 0.15) is 6.61 Å². The zero-order valence-corrected chi connectivity index (χ0v) is 17.8. The van der Waals surface area contributed by atoms with E-state index in [1.54, 1.807) is 11.8 Å². The first-order chi connectivity index (χ1) is 13.4. The van der Waals surface area contributed by atoms with Crippen molar-refractivity contribution in [1.82, 2.24) is 4.31 Å². The van der Waals surface area contributed by atoms with Gasteiger partial charge in [-0.1, -0.05) is 19.1 Å². The van der Waals surface area contributed by atoms with E-state index in [1.807, 2.05) is 30.5 Å². The molecule has 0 unspecified atom stereocenters. The first-order valence-electron chi connectivity index (χ1n) is 9.30. The van der Waals surface area contributed by atoms with Gasteiger partial charge >= 0.3 is 5.97 Å². The summed E-state index contributed by atoms with van der Waals surface area (Å²) in [6.07, 6.45) is 3.76. The van der Waals surface area contributed by atoms with Crippen molar-refractivity contribution in [2.45, 2.75) is 36.2 Å². The summed E-state index contributed by atoms with van der Waals surface area (Å²) in [5.41, 5.74) is 1.25. The standard InChI is InChI=1S/C21H25NO4S2/c1-16-11-13-22(14-12-16)28(24,25)20-9-5-18(6-10-20)21(23)26-15-17-3-7-19(27-2)8-4-17/h3-10,16H,11-15H2,1-2H3. The SMILES string of the molecule is CSc1ccc(COC(=O)c2ccc(S(=O)(=O)N3CCC(C)CC3)cc2)cc1. The molecule has 28 heavy (non-hydrogen) atoms. The number of nitrogens with zero attached hydrogens (tertiary/aromatic N) is 1. The van der Waals surface area contributed by atoms with E-state index in [0.717, 1.165) is 23.3 Å². The quantitative estimate of drug-likeness (QED) is 0.519. The van der Waals surface area contributed by atoms with Gasteiger partial charge in [0.25, 0.3) is 0 Å². The van der Waals surface area contributed by atoms with Gasteiger partial charge in [0.15, 0.2) is 0 Å². The van der Waals surface area contributed by atoms with E-state index in [9.17, 15) is 13.2 Å². The number of piperidine rings is 1. The highest BCUT2D eigenvalue weighted by Crippen LogP contribution is 2.24. The molecule has 0 aromatic heterocycles. The van der Waals surface area contributed by atoms with Crippen molar-refractivity contribution in [3.05, 3.63) is 59.7 Å². The van der Waals surface area contributed by atoms with Crippen LogP contribution in [0.5, 0.6) is 0 Å². The molecule has 1 aliphatic heterocycles. The molecule has 150 valence electrons. The Hall–Kier alpha value is -1.83. The number of thioether (sulfide) groups is 1. The molecule has 0 bridgehead atoms. The summed E-state index contributed by atoms with van der Waals surface area (Å²) < 4.78 is 32.4. The predicted octanol–water partition coefficient (Wildman–Crippen LogP) is 4.19. The van der Waals surface area contributed by atoms with E-state index in [0.29, 0.717) is 24.6 Å². The number of rotatable bonds is 6. The predicted molar refractivity (Wildman–Crippen MR) is 111 cm³/mol. The summed E-state index contributed by atoms with van der Waals surface area (Å²) in [5.74, 6) is 0.0882. The molecule has 0 spiro atoms. The van der Waals surface area contributed by atoms with E-state index in [-0.39, 0.29) is 11.5 Å². The molecule has 0 atom stereocenters. The lowest BCUT2D eigenvalue weighted by atomic mass is 10.0. The first-order valence-corrected chi connectivity index (χ1v) is 12.0. The summed E-state index contributed by atoms with van der Waals surface area (Å²) >= 11 is 1.65. The van der Waals surface area contributed by atoms with Crippen LogP contribution in [0.25, 0.3) is 0 Å². The van der Waals surface area contributed by atoms with Gasteiger partial charge in [-0.2, -0.15) is 4.31 Å². The summed E-state index contributed by atoms with van der Waals surface area (Å²) in [5, 5.41) is 0. The highest BCUT2D eigenvalue weighted by Gasteiger charge is 2.28. The minimum Gasteiger partial charge on any atom is -0.457 e. The van der Waals surface area contributed by atoms with E-state index in [1.165, 1.54) is 28.6 Å². The van der Waals surface area contributed by atoms with E-state index in [4.69, 9.17) is 4.74 Å². The average molecular weight is 420 g/mol. The van der Waals surface area contributed by atoms with Crippen molar-refractivity contribution in [3.8, 4) is 0 Å². The van der Waals surface area contributed by atoms with Crippen LogP contribution < -0.4 is 0 Å². The van der Waals surface area contributed by atoms with Gasteiger partial charge in [-0.3, -0.25) is 0 Å². The summed E-state index contributed by atoms with van der Waals surface area (Å²) in [7, 11) is -3.51. The maximum absolute atomic E-state index is 12.7. The molecule has 3 rings (SSSR count). The molecule has 0 saturated carbocycles. The molecule has 1 heterocycles. The number of sulfonamides is 1. The molecule has 2 aromatic rings. The normalized spacial score (nSPS) is 16.1. The number of ether oxygens (including phenoxy) is 1. The smallest absolute Gasteiger partial charge is 0.338 e. The van der Waals surface area contributed by atoms with Crippen LogP contribution in [0.1, 0.15) is 35.7 Å².